The number of nitrogens with one attached hydrogen (secondary N) is 1. The van der Waals surface area contributed by atoms with Gasteiger partial charge in [-0.3, -0.25) is 4.72 Å². The van der Waals surface area contributed by atoms with Crippen LogP contribution in [0.1, 0.15) is 16.1 Å². The van der Waals surface area contributed by atoms with Gasteiger partial charge in [-0.15, -0.1) is 0 Å². The molecule has 0 spiro atoms. The number of hydrogen-bond donors (Lipinski definition) is 1. The summed E-state index contributed by atoms with van der Waals surface area (Å²) in [4.78, 5) is 18.9. The number of carbonyl (C=O) groups is 1. The van der Waals surface area contributed by atoms with Gasteiger partial charge in [-0.05, 0) is 19.1 Å². The first-order valence-corrected chi connectivity index (χ1v) is 7.40. The molecule has 0 aliphatic rings. The molecule has 2 aromatic rings. The summed E-state index contributed by atoms with van der Waals surface area (Å²) in [5.41, 5.74) is 0.951. The highest BCUT2D eigenvalue weighted by atomic mass is 32.2. The molecule has 8 heteroatoms. The largest absolute Gasteiger partial charge is 0.464 e. The lowest BCUT2D eigenvalue weighted by molar-refractivity contribution is 0.0593. The van der Waals surface area contributed by atoms with Crippen LogP contribution in [0, 0.1) is 6.92 Å². The third kappa shape index (κ3) is 3.54. The maximum absolute atomic E-state index is 12.1. The Morgan fingerprint density at radius 1 is 1.14 bits per heavy atom. The van der Waals surface area contributed by atoms with Crippen molar-refractivity contribution in [2.45, 2.75) is 11.8 Å². The number of methoxy groups -OCH3 is 1. The van der Waals surface area contributed by atoms with Gasteiger partial charge >= 0.3 is 5.97 Å². The first kappa shape index (κ1) is 14.9. The van der Waals surface area contributed by atoms with Crippen molar-refractivity contribution in [2.24, 2.45) is 0 Å². The van der Waals surface area contributed by atoms with Gasteiger partial charge < -0.3 is 4.74 Å². The lowest BCUT2D eigenvalue weighted by atomic mass is 10.2. The van der Waals surface area contributed by atoms with Gasteiger partial charge in [-0.2, -0.15) is 0 Å². The number of hydrogen-bond acceptors (Lipinski definition) is 6. The van der Waals surface area contributed by atoms with Crippen molar-refractivity contribution in [1.29, 1.82) is 0 Å². The highest BCUT2D eigenvalue weighted by Crippen LogP contribution is 2.14. The smallest absolute Gasteiger partial charge is 0.358 e. The van der Waals surface area contributed by atoms with Crippen LogP contribution in [0.3, 0.4) is 0 Å². The zero-order valence-corrected chi connectivity index (χ0v) is 12.2. The van der Waals surface area contributed by atoms with Crippen LogP contribution in [-0.2, 0) is 14.8 Å². The molecule has 0 aliphatic carbocycles. The molecule has 0 saturated carbocycles. The molecule has 0 bridgehead atoms. The van der Waals surface area contributed by atoms with Crippen LogP contribution in [0.2, 0.25) is 0 Å². The van der Waals surface area contributed by atoms with Crippen LogP contribution in [0.15, 0.2) is 41.6 Å². The minimum atomic E-state index is -3.74. The normalized spacial score (nSPS) is 11.0. The second kappa shape index (κ2) is 5.88. The van der Waals surface area contributed by atoms with Crippen molar-refractivity contribution in [2.75, 3.05) is 11.8 Å². The quantitative estimate of drug-likeness (QED) is 0.857. The fraction of sp³-hybridized carbons (Fsp3) is 0.154. The number of benzene rings is 1. The molecule has 0 radical (unpaired) electrons. The molecular weight excluding hydrogens is 294 g/mol. The summed E-state index contributed by atoms with van der Waals surface area (Å²) >= 11 is 0. The van der Waals surface area contributed by atoms with E-state index in [0.717, 1.165) is 18.0 Å². The van der Waals surface area contributed by atoms with Crippen molar-refractivity contribution in [3.63, 3.8) is 0 Å². The molecule has 110 valence electrons. The van der Waals surface area contributed by atoms with E-state index in [2.05, 4.69) is 19.4 Å². The standard InChI is InChI=1S/C13H13N3O4S/c1-9-3-5-10(6-4-9)21(18,19)16-12-8-14-11(7-15-12)13(17)20-2/h3-8H,1-2H3,(H,15,16). The number of aromatic nitrogens is 2. The van der Waals surface area contributed by atoms with E-state index in [9.17, 15) is 13.2 Å². The third-order valence-electron chi connectivity index (χ3n) is 2.62. The molecule has 2 rings (SSSR count). The molecule has 0 atom stereocenters. The summed E-state index contributed by atoms with van der Waals surface area (Å²) in [5.74, 6) is -0.626. The van der Waals surface area contributed by atoms with Gasteiger partial charge in [0.15, 0.2) is 11.5 Å². The van der Waals surface area contributed by atoms with E-state index in [0.29, 0.717) is 0 Å². The number of sulfonamides is 1. The molecule has 7 nitrogen and oxygen atoms in total. The number of rotatable bonds is 4. The number of nitrogens with zero attached hydrogens (tertiary/aromatic N) is 2. The highest BCUT2D eigenvalue weighted by molar-refractivity contribution is 7.92. The van der Waals surface area contributed by atoms with Crippen molar-refractivity contribution >= 4 is 21.8 Å². The average Bonchev–Trinajstić information content (AvgIpc) is 2.47. The minimum Gasteiger partial charge on any atom is -0.464 e. The first-order valence-electron chi connectivity index (χ1n) is 5.92. The summed E-state index contributed by atoms with van der Waals surface area (Å²) < 4.78 is 31.0. The van der Waals surface area contributed by atoms with Crippen molar-refractivity contribution < 1.29 is 17.9 Å². The fourth-order valence-electron chi connectivity index (χ4n) is 1.50. The Hall–Kier alpha value is -2.48. The Labute approximate surface area is 122 Å². The zero-order chi connectivity index (χ0) is 15.5. The number of esters is 1. The van der Waals surface area contributed by atoms with Gasteiger partial charge in [0, 0.05) is 0 Å². The third-order valence-corrected chi connectivity index (χ3v) is 3.99. The zero-order valence-electron chi connectivity index (χ0n) is 11.4. The number of ether oxygens (including phenoxy) is 1. The van der Waals surface area contributed by atoms with Gasteiger partial charge in [-0.1, -0.05) is 17.7 Å². The Bertz CT molecular complexity index is 740. The van der Waals surface area contributed by atoms with E-state index in [-0.39, 0.29) is 16.4 Å². The van der Waals surface area contributed by atoms with Crippen LogP contribution in [0.25, 0.3) is 0 Å². The summed E-state index contributed by atoms with van der Waals surface area (Å²) in [6.07, 6.45) is 2.29. The molecule has 1 heterocycles. The van der Waals surface area contributed by atoms with E-state index in [1.165, 1.54) is 19.2 Å². The van der Waals surface area contributed by atoms with E-state index >= 15 is 0 Å². The highest BCUT2D eigenvalue weighted by Gasteiger charge is 2.15. The number of carbonyl (C=O) groups excluding carboxylic acids is 1. The van der Waals surface area contributed by atoms with Crippen LogP contribution < -0.4 is 4.72 Å². The van der Waals surface area contributed by atoms with E-state index in [4.69, 9.17) is 0 Å². The number of anilines is 1. The number of aryl methyl sites for hydroxylation is 1. The van der Waals surface area contributed by atoms with E-state index in [1.54, 1.807) is 12.1 Å². The summed E-state index contributed by atoms with van der Waals surface area (Å²) in [6, 6.07) is 6.38. The Balaban J connectivity index is 2.20. The van der Waals surface area contributed by atoms with Crippen molar-refractivity contribution in [3.05, 3.63) is 47.9 Å². The van der Waals surface area contributed by atoms with Crippen molar-refractivity contribution in [1.82, 2.24) is 9.97 Å². The SMILES string of the molecule is COC(=O)c1cnc(NS(=O)(=O)c2ccc(C)cc2)cn1. The molecule has 1 aromatic carbocycles. The van der Waals surface area contributed by atoms with Gasteiger partial charge in [0.1, 0.15) is 0 Å². The monoisotopic (exact) mass is 307 g/mol. The predicted octanol–water partition coefficient (Wildman–Crippen LogP) is 1.37. The lowest BCUT2D eigenvalue weighted by Gasteiger charge is -2.07. The summed E-state index contributed by atoms with van der Waals surface area (Å²) in [5, 5.41) is 0. The van der Waals surface area contributed by atoms with E-state index in [1.807, 2.05) is 6.92 Å². The molecule has 0 aliphatic heterocycles. The maximum atomic E-state index is 12.1. The Kier molecular flexibility index (Phi) is 4.18. The first-order chi connectivity index (χ1) is 9.92. The average molecular weight is 307 g/mol. The Morgan fingerprint density at radius 2 is 1.81 bits per heavy atom. The molecule has 1 N–H and O–H groups in total. The molecule has 0 saturated heterocycles. The van der Waals surface area contributed by atoms with Gasteiger partial charge in [-0.25, -0.2) is 23.2 Å². The molecular formula is C13H13N3O4S. The van der Waals surface area contributed by atoms with Crippen LogP contribution in [-0.4, -0.2) is 31.5 Å². The van der Waals surface area contributed by atoms with Gasteiger partial charge in [0.05, 0.1) is 24.4 Å². The van der Waals surface area contributed by atoms with Gasteiger partial charge in [0.2, 0.25) is 0 Å². The van der Waals surface area contributed by atoms with Crippen LogP contribution in [0.5, 0.6) is 0 Å². The van der Waals surface area contributed by atoms with Crippen LogP contribution >= 0.6 is 0 Å². The lowest BCUT2D eigenvalue weighted by Crippen LogP contribution is -2.15. The fourth-order valence-corrected chi connectivity index (χ4v) is 2.50. The summed E-state index contributed by atoms with van der Waals surface area (Å²) in [6.45, 7) is 1.86. The predicted molar refractivity (Wildman–Crippen MR) is 75.4 cm³/mol. The Morgan fingerprint density at radius 3 is 2.33 bits per heavy atom. The summed E-state index contributed by atoms with van der Waals surface area (Å²) in [7, 11) is -2.52. The van der Waals surface area contributed by atoms with Gasteiger partial charge in [0.25, 0.3) is 10.0 Å². The molecule has 21 heavy (non-hydrogen) atoms. The molecule has 0 unspecified atom stereocenters. The maximum Gasteiger partial charge on any atom is 0.358 e. The minimum absolute atomic E-state index is 0.00390. The molecule has 0 fully saturated rings. The second-order valence-electron chi connectivity index (χ2n) is 4.20. The van der Waals surface area contributed by atoms with Crippen molar-refractivity contribution in [3.8, 4) is 0 Å². The second-order valence-corrected chi connectivity index (χ2v) is 5.88. The van der Waals surface area contributed by atoms with Crippen LogP contribution in [0.4, 0.5) is 5.82 Å². The topological polar surface area (TPSA) is 98.2 Å². The molecule has 0 amide bonds. The van der Waals surface area contributed by atoms with E-state index < -0.39 is 16.0 Å². The molecule has 1 aromatic heterocycles.